The Hall–Kier alpha value is -1.42. The molecule has 4 nitrogen and oxygen atoms in total. The third-order valence-electron chi connectivity index (χ3n) is 4.02. The third kappa shape index (κ3) is 4.27. The number of anilines is 2. The van der Waals surface area contributed by atoms with Crippen molar-refractivity contribution in [2.24, 2.45) is 5.92 Å². The number of hydrogen-bond donors (Lipinski definition) is 1. The fourth-order valence-electron chi connectivity index (χ4n) is 2.65. The molecule has 1 atom stereocenters. The summed E-state index contributed by atoms with van der Waals surface area (Å²) in [6, 6.07) is 6.60. The number of benzene rings is 1. The van der Waals surface area contributed by atoms with Gasteiger partial charge in [-0.05, 0) is 51.7 Å². The zero-order valence-corrected chi connectivity index (χ0v) is 13.6. The van der Waals surface area contributed by atoms with E-state index in [2.05, 4.69) is 24.0 Å². The molecule has 2 N–H and O–H groups in total. The summed E-state index contributed by atoms with van der Waals surface area (Å²) >= 11 is 0. The molecule has 0 amide bonds. The lowest BCUT2D eigenvalue weighted by atomic mass is 10.1. The molecule has 2 rings (SSSR count). The predicted octanol–water partition coefficient (Wildman–Crippen LogP) is 3.31. The number of nitrogen functional groups attached to an aromatic ring is 1. The Labute approximate surface area is 128 Å². The van der Waals surface area contributed by atoms with E-state index in [-0.39, 0.29) is 6.10 Å². The summed E-state index contributed by atoms with van der Waals surface area (Å²) in [5, 5.41) is 0. The van der Waals surface area contributed by atoms with Crippen molar-refractivity contribution in [3.8, 4) is 5.75 Å². The van der Waals surface area contributed by atoms with Crippen LogP contribution in [0.15, 0.2) is 18.2 Å². The quantitative estimate of drug-likeness (QED) is 0.747. The molecule has 1 fully saturated rings. The van der Waals surface area contributed by atoms with Crippen molar-refractivity contribution >= 4 is 11.4 Å². The van der Waals surface area contributed by atoms with Gasteiger partial charge in [-0.3, -0.25) is 0 Å². The van der Waals surface area contributed by atoms with Gasteiger partial charge in [-0.15, -0.1) is 0 Å². The molecule has 118 valence electrons. The van der Waals surface area contributed by atoms with Crippen LogP contribution in [0.25, 0.3) is 0 Å². The molecule has 1 aromatic rings. The lowest BCUT2D eigenvalue weighted by molar-refractivity contribution is 0.202. The molecular formula is C17H28N2O2. The molecule has 1 saturated carbocycles. The van der Waals surface area contributed by atoms with Crippen LogP contribution in [0.2, 0.25) is 0 Å². The zero-order chi connectivity index (χ0) is 15.4. The van der Waals surface area contributed by atoms with Crippen molar-refractivity contribution in [1.29, 1.82) is 0 Å². The highest BCUT2D eigenvalue weighted by Gasteiger charge is 2.32. The fourth-order valence-corrected chi connectivity index (χ4v) is 2.65. The van der Waals surface area contributed by atoms with Crippen LogP contribution in [0.1, 0.15) is 33.6 Å². The first-order chi connectivity index (χ1) is 10.0. The van der Waals surface area contributed by atoms with Gasteiger partial charge in [0.2, 0.25) is 0 Å². The minimum atomic E-state index is 0.121. The summed E-state index contributed by atoms with van der Waals surface area (Å²) in [5.74, 6) is 1.57. The largest absolute Gasteiger partial charge is 0.489 e. The fraction of sp³-hybridized carbons (Fsp3) is 0.647. The van der Waals surface area contributed by atoms with Gasteiger partial charge in [0.25, 0.3) is 0 Å². The van der Waals surface area contributed by atoms with E-state index in [9.17, 15) is 0 Å². The molecule has 0 radical (unpaired) electrons. The number of nitrogens with zero attached hydrogens (tertiary/aromatic N) is 1. The first-order valence-electron chi connectivity index (χ1n) is 7.84. The van der Waals surface area contributed by atoms with Crippen molar-refractivity contribution in [1.82, 2.24) is 0 Å². The second-order valence-electron chi connectivity index (χ2n) is 6.15. The lowest BCUT2D eigenvalue weighted by Gasteiger charge is -2.32. The SMILES string of the molecule is COCCN(c1ccc(N)c(OC(C)C)c1)C(C)C1CC1. The maximum atomic E-state index is 6.02. The number of nitrogens with two attached hydrogens (primary N) is 1. The second-order valence-corrected chi connectivity index (χ2v) is 6.15. The Morgan fingerprint density at radius 1 is 1.29 bits per heavy atom. The first-order valence-corrected chi connectivity index (χ1v) is 7.84. The average molecular weight is 292 g/mol. The van der Waals surface area contributed by atoms with Crippen LogP contribution in [-0.2, 0) is 4.74 Å². The summed E-state index contributed by atoms with van der Waals surface area (Å²) in [6.07, 6.45) is 2.78. The van der Waals surface area contributed by atoms with Gasteiger partial charge in [-0.1, -0.05) is 0 Å². The van der Waals surface area contributed by atoms with Crippen molar-refractivity contribution in [3.63, 3.8) is 0 Å². The molecule has 0 aromatic heterocycles. The number of ether oxygens (including phenoxy) is 2. The minimum absolute atomic E-state index is 0.121. The van der Waals surface area contributed by atoms with Crippen LogP contribution in [0.5, 0.6) is 5.75 Å². The molecule has 1 unspecified atom stereocenters. The van der Waals surface area contributed by atoms with Crippen LogP contribution in [0.4, 0.5) is 11.4 Å². The van der Waals surface area contributed by atoms with Crippen LogP contribution >= 0.6 is 0 Å². The molecule has 0 saturated heterocycles. The lowest BCUT2D eigenvalue weighted by Crippen LogP contribution is -2.37. The summed E-state index contributed by atoms with van der Waals surface area (Å²) in [7, 11) is 1.75. The van der Waals surface area contributed by atoms with Crippen molar-refractivity contribution in [2.75, 3.05) is 30.9 Å². The Balaban J connectivity index is 2.21. The molecule has 1 aliphatic carbocycles. The standard InChI is InChI=1S/C17H28N2O2/c1-12(2)21-17-11-15(7-8-16(17)18)19(9-10-20-4)13(3)14-5-6-14/h7-8,11-14H,5-6,9-10,18H2,1-4H3. The highest BCUT2D eigenvalue weighted by molar-refractivity contribution is 5.62. The molecule has 4 heteroatoms. The zero-order valence-electron chi connectivity index (χ0n) is 13.6. The smallest absolute Gasteiger partial charge is 0.144 e. The van der Waals surface area contributed by atoms with E-state index >= 15 is 0 Å². The third-order valence-corrected chi connectivity index (χ3v) is 4.02. The maximum absolute atomic E-state index is 6.02. The normalized spacial score (nSPS) is 16.0. The Kier molecular flexibility index (Phi) is 5.34. The van der Waals surface area contributed by atoms with Gasteiger partial charge >= 0.3 is 0 Å². The van der Waals surface area contributed by atoms with Crippen molar-refractivity contribution in [2.45, 2.75) is 45.8 Å². The van der Waals surface area contributed by atoms with Crippen LogP contribution in [0, 0.1) is 5.92 Å². The van der Waals surface area contributed by atoms with Crippen LogP contribution < -0.4 is 15.4 Å². The van der Waals surface area contributed by atoms with Gasteiger partial charge in [-0.25, -0.2) is 0 Å². The predicted molar refractivity (Wildman–Crippen MR) is 88.0 cm³/mol. The van der Waals surface area contributed by atoms with Crippen LogP contribution in [0.3, 0.4) is 0 Å². The molecule has 1 aromatic carbocycles. The molecule has 21 heavy (non-hydrogen) atoms. The minimum Gasteiger partial charge on any atom is -0.489 e. The topological polar surface area (TPSA) is 47.7 Å². The van der Waals surface area contributed by atoms with Gasteiger partial charge in [0.15, 0.2) is 0 Å². The van der Waals surface area contributed by atoms with Crippen LogP contribution in [-0.4, -0.2) is 32.4 Å². The van der Waals surface area contributed by atoms with E-state index in [0.717, 1.165) is 30.5 Å². The van der Waals surface area contributed by atoms with Gasteiger partial charge in [0, 0.05) is 31.5 Å². The molecule has 0 heterocycles. The van der Waals surface area contributed by atoms with E-state index in [1.165, 1.54) is 12.8 Å². The van der Waals surface area contributed by atoms with E-state index < -0.39 is 0 Å². The Morgan fingerprint density at radius 3 is 2.57 bits per heavy atom. The molecular weight excluding hydrogens is 264 g/mol. The van der Waals surface area contributed by atoms with E-state index in [4.69, 9.17) is 15.2 Å². The van der Waals surface area contributed by atoms with Gasteiger partial charge in [0.05, 0.1) is 18.4 Å². The number of hydrogen-bond acceptors (Lipinski definition) is 4. The van der Waals surface area contributed by atoms with E-state index in [0.29, 0.717) is 11.7 Å². The Bertz CT molecular complexity index is 458. The van der Waals surface area contributed by atoms with Crippen molar-refractivity contribution < 1.29 is 9.47 Å². The highest BCUT2D eigenvalue weighted by atomic mass is 16.5. The molecule has 1 aliphatic rings. The van der Waals surface area contributed by atoms with Gasteiger partial charge < -0.3 is 20.1 Å². The summed E-state index contributed by atoms with van der Waals surface area (Å²) in [5.41, 5.74) is 7.87. The Morgan fingerprint density at radius 2 is 2.00 bits per heavy atom. The summed E-state index contributed by atoms with van der Waals surface area (Å²) in [4.78, 5) is 2.41. The number of methoxy groups -OCH3 is 1. The molecule has 0 bridgehead atoms. The first kappa shape index (κ1) is 16.0. The van der Waals surface area contributed by atoms with Crippen molar-refractivity contribution in [3.05, 3.63) is 18.2 Å². The van der Waals surface area contributed by atoms with Gasteiger partial charge in [-0.2, -0.15) is 0 Å². The average Bonchev–Trinajstić information content (AvgIpc) is 3.26. The van der Waals surface area contributed by atoms with E-state index in [1.54, 1.807) is 7.11 Å². The summed E-state index contributed by atoms with van der Waals surface area (Å²) in [6.45, 7) is 7.94. The summed E-state index contributed by atoms with van der Waals surface area (Å²) < 4.78 is 11.1. The molecule has 0 spiro atoms. The van der Waals surface area contributed by atoms with Gasteiger partial charge in [0.1, 0.15) is 5.75 Å². The highest BCUT2D eigenvalue weighted by Crippen LogP contribution is 2.38. The number of rotatable bonds is 8. The maximum Gasteiger partial charge on any atom is 0.144 e. The molecule has 0 aliphatic heterocycles. The van der Waals surface area contributed by atoms with E-state index in [1.807, 2.05) is 19.9 Å². The second kappa shape index (κ2) is 7.03. The monoisotopic (exact) mass is 292 g/mol.